The number of rotatable bonds is 4. The van der Waals surface area contributed by atoms with E-state index in [2.05, 4.69) is 5.32 Å². The van der Waals surface area contributed by atoms with Crippen LogP contribution in [0.3, 0.4) is 0 Å². The molecule has 2 fully saturated rings. The number of hydrogen-bond donors (Lipinski definition) is 2. The minimum Gasteiger partial charge on any atom is -0.395 e. The van der Waals surface area contributed by atoms with Crippen LogP contribution < -0.4 is 5.32 Å². The monoisotopic (exact) mass is 248 g/mol. The summed E-state index contributed by atoms with van der Waals surface area (Å²) in [5.41, 5.74) is 0. The van der Waals surface area contributed by atoms with Crippen LogP contribution in [0.4, 0.5) is 0 Å². The van der Waals surface area contributed by atoms with Gasteiger partial charge >= 0.3 is 0 Å². The minimum atomic E-state index is -3.19. The van der Waals surface area contributed by atoms with E-state index in [4.69, 9.17) is 5.11 Å². The first-order chi connectivity index (χ1) is 7.63. The molecule has 2 N–H and O–H groups in total. The van der Waals surface area contributed by atoms with Gasteiger partial charge in [-0.15, -0.1) is 0 Å². The second kappa shape index (κ2) is 5.00. The van der Waals surface area contributed by atoms with Crippen LogP contribution in [0, 0.1) is 0 Å². The molecule has 5 nitrogen and oxygen atoms in total. The molecule has 2 atom stereocenters. The van der Waals surface area contributed by atoms with Gasteiger partial charge in [0.1, 0.15) is 0 Å². The van der Waals surface area contributed by atoms with Gasteiger partial charge in [-0.1, -0.05) is 0 Å². The van der Waals surface area contributed by atoms with Gasteiger partial charge in [0.2, 0.25) is 10.0 Å². The largest absolute Gasteiger partial charge is 0.395 e. The summed E-state index contributed by atoms with van der Waals surface area (Å²) in [6.45, 7) is 1.43. The van der Waals surface area contributed by atoms with Crippen molar-refractivity contribution in [3.05, 3.63) is 0 Å². The Labute approximate surface area is 96.9 Å². The van der Waals surface area contributed by atoms with Gasteiger partial charge < -0.3 is 10.4 Å². The van der Waals surface area contributed by atoms with E-state index in [9.17, 15) is 8.42 Å². The lowest BCUT2D eigenvalue weighted by molar-refractivity contribution is 0.213. The first-order valence-corrected chi connectivity index (χ1v) is 7.58. The highest BCUT2D eigenvalue weighted by atomic mass is 32.2. The van der Waals surface area contributed by atoms with Crippen molar-refractivity contribution >= 4 is 10.0 Å². The van der Waals surface area contributed by atoms with Gasteiger partial charge in [0.15, 0.2) is 0 Å². The van der Waals surface area contributed by atoms with Crippen LogP contribution >= 0.6 is 0 Å². The lowest BCUT2D eigenvalue weighted by atomic mass is 10.2. The van der Waals surface area contributed by atoms with E-state index in [0.29, 0.717) is 6.54 Å². The van der Waals surface area contributed by atoms with Crippen LogP contribution in [0.2, 0.25) is 0 Å². The molecule has 2 rings (SSSR count). The SMILES string of the molecule is O=S(=O)(CC1CCCN1)N1CCCC1CO. The van der Waals surface area contributed by atoms with Gasteiger partial charge in [-0.05, 0) is 32.2 Å². The molecule has 2 saturated heterocycles. The van der Waals surface area contributed by atoms with Crippen molar-refractivity contribution in [3.8, 4) is 0 Å². The summed E-state index contributed by atoms with van der Waals surface area (Å²) >= 11 is 0. The second-order valence-corrected chi connectivity index (χ2v) is 6.63. The van der Waals surface area contributed by atoms with Crippen LogP contribution in [0.5, 0.6) is 0 Å². The summed E-state index contributed by atoms with van der Waals surface area (Å²) in [4.78, 5) is 0. The molecule has 94 valence electrons. The van der Waals surface area contributed by atoms with Crippen molar-refractivity contribution in [2.45, 2.75) is 37.8 Å². The Hall–Kier alpha value is -0.170. The van der Waals surface area contributed by atoms with E-state index in [0.717, 1.165) is 32.2 Å². The highest BCUT2D eigenvalue weighted by molar-refractivity contribution is 7.89. The molecule has 0 saturated carbocycles. The Morgan fingerprint density at radius 2 is 2.12 bits per heavy atom. The van der Waals surface area contributed by atoms with Crippen LogP contribution in [0.15, 0.2) is 0 Å². The van der Waals surface area contributed by atoms with E-state index >= 15 is 0 Å². The van der Waals surface area contributed by atoms with Crippen molar-refractivity contribution in [1.82, 2.24) is 9.62 Å². The number of nitrogens with zero attached hydrogens (tertiary/aromatic N) is 1. The molecule has 0 radical (unpaired) electrons. The fraction of sp³-hybridized carbons (Fsp3) is 1.00. The van der Waals surface area contributed by atoms with E-state index in [-0.39, 0.29) is 24.4 Å². The Bertz CT molecular complexity index is 325. The molecule has 2 heterocycles. The highest BCUT2D eigenvalue weighted by Crippen LogP contribution is 2.22. The van der Waals surface area contributed by atoms with Crippen molar-refractivity contribution < 1.29 is 13.5 Å². The molecule has 2 unspecified atom stereocenters. The maximum absolute atomic E-state index is 12.1. The van der Waals surface area contributed by atoms with Gasteiger partial charge in [0.05, 0.1) is 12.4 Å². The normalized spacial score (nSPS) is 32.3. The van der Waals surface area contributed by atoms with Gasteiger partial charge in [-0.2, -0.15) is 4.31 Å². The summed E-state index contributed by atoms with van der Waals surface area (Å²) in [6.07, 6.45) is 3.65. The van der Waals surface area contributed by atoms with Crippen LogP contribution in [-0.4, -0.2) is 55.4 Å². The average molecular weight is 248 g/mol. The summed E-state index contributed by atoms with van der Waals surface area (Å²) in [6, 6.07) is -0.0867. The van der Waals surface area contributed by atoms with E-state index in [1.807, 2.05) is 0 Å². The molecule has 0 aromatic carbocycles. The summed E-state index contributed by atoms with van der Waals surface area (Å²) in [5, 5.41) is 12.3. The molecular weight excluding hydrogens is 228 g/mol. The fourth-order valence-corrected chi connectivity index (χ4v) is 4.62. The molecule has 2 aliphatic rings. The van der Waals surface area contributed by atoms with Gasteiger partial charge in [0, 0.05) is 18.6 Å². The zero-order valence-corrected chi connectivity index (χ0v) is 10.2. The van der Waals surface area contributed by atoms with Gasteiger partial charge in [0.25, 0.3) is 0 Å². The van der Waals surface area contributed by atoms with Gasteiger partial charge in [-0.25, -0.2) is 8.42 Å². The lowest BCUT2D eigenvalue weighted by Crippen LogP contribution is -2.43. The van der Waals surface area contributed by atoms with E-state index in [1.54, 1.807) is 0 Å². The van der Waals surface area contributed by atoms with Crippen molar-refractivity contribution in [1.29, 1.82) is 0 Å². The molecular formula is C10H20N2O3S. The smallest absolute Gasteiger partial charge is 0.215 e. The molecule has 0 aromatic rings. The number of sulfonamides is 1. The Balaban J connectivity index is 2.00. The molecule has 0 bridgehead atoms. The Morgan fingerprint density at radius 1 is 1.31 bits per heavy atom. The van der Waals surface area contributed by atoms with Crippen LogP contribution in [0.1, 0.15) is 25.7 Å². The number of hydrogen-bond acceptors (Lipinski definition) is 4. The summed E-state index contributed by atoms with van der Waals surface area (Å²) < 4.78 is 25.8. The maximum Gasteiger partial charge on any atom is 0.215 e. The number of nitrogens with one attached hydrogen (secondary N) is 1. The van der Waals surface area contributed by atoms with Crippen molar-refractivity contribution in [2.75, 3.05) is 25.4 Å². The highest BCUT2D eigenvalue weighted by Gasteiger charge is 2.35. The Morgan fingerprint density at radius 3 is 2.75 bits per heavy atom. The maximum atomic E-state index is 12.1. The Kier molecular flexibility index (Phi) is 3.84. The molecule has 0 amide bonds. The lowest BCUT2D eigenvalue weighted by Gasteiger charge is -2.24. The number of aliphatic hydroxyl groups is 1. The van der Waals surface area contributed by atoms with Crippen molar-refractivity contribution in [3.63, 3.8) is 0 Å². The third-order valence-corrected chi connectivity index (χ3v) is 5.48. The molecule has 16 heavy (non-hydrogen) atoms. The predicted octanol–water partition coefficient (Wildman–Crippen LogP) is -0.475. The third-order valence-electron chi connectivity index (χ3n) is 3.47. The first-order valence-electron chi connectivity index (χ1n) is 5.97. The molecule has 2 aliphatic heterocycles. The second-order valence-electron chi connectivity index (χ2n) is 4.66. The molecule has 0 aromatic heterocycles. The zero-order chi connectivity index (χ0) is 11.6. The molecule has 6 heteroatoms. The molecule has 0 spiro atoms. The molecule has 0 aliphatic carbocycles. The standard InChI is InChI=1S/C10H20N2O3S/c13-7-10-4-2-6-12(10)16(14,15)8-9-3-1-5-11-9/h9-11,13H,1-8H2. The van der Waals surface area contributed by atoms with Crippen molar-refractivity contribution in [2.24, 2.45) is 0 Å². The quantitative estimate of drug-likeness (QED) is 0.705. The third kappa shape index (κ3) is 2.56. The van der Waals surface area contributed by atoms with E-state index in [1.165, 1.54) is 4.31 Å². The predicted molar refractivity (Wildman–Crippen MR) is 61.6 cm³/mol. The minimum absolute atomic E-state index is 0.0582. The van der Waals surface area contributed by atoms with Crippen LogP contribution in [-0.2, 0) is 10.0 Å². The van der Waals surface area contributed by atoms with E-state index < -0.39 is 10.0 Å². The summed E-state index contributed by atoms with van der Waals surface area (Å²) in [7, 11) is -3.19. The average Bonchev–Trinajstić information content (AvgIpc) is 2.85. The van der Waals surface area contributed by atoms with Crippen LogP contribution in [0.25, 0.3) is 0 Å². The fourth-order valence-electron chi connectivity index (χ4n) is 2.61. The topological polar surface area (TPSA) is 69.6 Å². The van der Waals surface area contributed by atoms with Gasteiger partial charge in [-0.3, -0.25) is 0 Å². The summed E-state index contributed by atoms with van der Waals surface area (Å²) in [5.74, 6) is 0.184. The number of aliphatic hydroxyl groups excluding tert-OH is 1. The zero-order valence-electron chi connectivity index (χ0n) is 9.43. The first kappa shape index (κ1) is 12.3.